The van der Waals surface area contributed by atoms with Crippen LogP contribution in [0.15, 0.2) is 56.8 Å². The Morgan fingerprint density at radius 1 is 1.11 bits per heavy atom. The number of hydrogen-bond acceptors (Lipinski definition) is 6. The van der Waals surface area contributed by atoms with Gasteiger partial charge in [0.1, 0.15) is 0 Å². The number of aromatic nitrogens is 5. The van der Waals surface area contributed by atoms with Gasteiger partial charge in [0.15, 0.2) is 0 Å². The highest BCUT2D eigenvalue weighted by Gasteiger charge is 2.14. The lowest BCUT2D eigenvalue weighted by molar-refractivity contribution is 0.432. The minimum Gasteiger partial charge on any atom is -0.334 e. The molecule has 3 heterocycles. The minimum atomic E-state index is -0.647. The first-order chi connectivity index (χ1) is 13.0. The summed E-state index contributed by atoms with van der Waals surface area (Å²) in [5.74, 6) is 1.00. The molecule has 0 aliphatic heterocycles. The number of nitrogens with one attached hydrogen (secondary N) is 1. The summed E-state index contributed by atoms with van der Waals surface area (Å²) in [6, 6.07) is 8.89. The molecule has 0 unspecified atom stereocenters. The second kappa shape index (κ2) is 6.64. The van der Waals surface area contributed by atoms with E-state index in [1.54, 1.807) is 42.7 Å². The summed E-state index contributed by atoms with van der Waals surface area (Å²) in [7, 11) is 0. The largest absolute Gasteiger partial charge is 0.334 e. The molecule has 1 aromatic carbocycles. The molecule has 0 atom stereocenters. The molecule has 136 valence electrons. The highest BCUT2D eigenvalue weighted by atomic mass is 16.5. The van der Waals surface area contributed by atoms with E-state index in [-0.39, 0.29) is 5.92 Å². The smallest absolute Gasteiger partial charge is 0.316 e. The van der Waals surface area contributed by atoms with Crippen molar-refractivity contribution in [2.45, 2.75) is 20.4 Å². The Morgan fingerprint density at radius 3 is 2.63 bits per heavy atom. The summed E-state index contributed by atoms with van der Waals surface area (Å²) in [6.07, 6.45) is 3.29. The predicted octanol–water partition coefficient (Wildman–Crippen LogP) is 2.46. The third kappa shape index (κ3) is 3.17. The van der Waals surface area contributed by atoms with Crippen molar-refractivity contribution in [1.29, 1.82) is 0 Å². The van der Waals surface area contributed by atoms with Gasteiger partial charge in [0, 0.05) is 30.1 Å². The standard InChI is InChI=1S/C19H17N5O3/c1-11(2)10-24-15-4-3-13(9-14(15)21-17(25)19(24)26)16-22-18(27-23-16)12-5-7-20-8-6-12/h3-9,11H,10H2,1-2H3,(H,21,25). The molecule has 0 aliphatic carbocycles. The van der Waals surface area contributed by atoms with E-state index < -0.39 is 11.1 Å². The molecule has 8 heteroatoms. The minimum absolute atomic E-state index is 0.229. The molecular weight excluding hydrogens is 346 g/mol. The monoisotopic (exact) mass is 363 g/mol. The van der Waals surface area contributed by atoms with Crippen LogP contribution >= 0.6 is 0 Å². The Morgan fingerprint density at radius 2 is 1.89 bits per heavy atom. The second-order valence-corrected chi connectivity index (χ2v) is 6.65. The molecule has 0 radical (unpaired) electrons. The van der Waals surface area contributed by atoms with Gasteiger partial charge in [-0.25, -0.2) is 0 Å². The van der Waals surface area contributed by atoms with Crippen LogP contribution in [0.25, 0.3) is 33.9 Å². The van der Waals surface area contributed by atoms with E-state index in [1.165, 1.54) is 4.57 Å². The van der Waals surface area contributed by atoms with Gasteiger partial charge in [-0.1, -0.05) is 19.0 Å². The summed E-state index contributed by atoms with van der Waals surface area (Å²) < 4.78 is 6.82. The Bertz CT molecular complexity index is 1220. The summed E-state index contributed by atoms with van der Waals surface area (Å²) in [6.45, 7) is 4.45. The van der Waals surface area contributed by atoms with Crippen LogP contribution in [0.4, 0.5) is 0 Å². The maximum Gasteiger partial charge on any atom is 0.316 e. The van der Waals surface area contributed by atoms with Crippen molar-refractivity contribution in [3.05, 3.63) is 63.4 Å². The average Bonchev–Trinajstić information content (AvgIpc) is 3.16. The van der Waals surface area contributed by atoms with Gasteiger partial charge < -0.3 is 14.1 Å². The number of hydrogen-bond donors (Lipinski definition) is 1. The average molecular weight is 363 g/mol. The molecule has 27 heavy (non-hydrogen) atoms. The first-order valence-corrected chi connectivity index (χ1v) is 8.54. The zero-order valence-corrected chi connectivity index (χ0v) is 14.8. The SMILES string of the molecule is CC(C)Cn1c(=O)c(=O)[nH]c2cc(-c3noc(-c4ccncc4)n3)ccc21. The number of fused-ring (bicyclic) bond motifs is 1. The summed E-state index contributed by atoms with van der Waals surface area (Å²) in [5.41, 5.74) is 1.46. The highest BCUT2D eigenvalue weighted by Crippen LogP contribution is 2.24. The molecule has 0 saturated heterocycles. The normalized spacial score (nSPS) is 11.4. The van der Waals surface area contributed by atoms with E-state index in [1.807, 2.05) is 13.8 Å². The van der Waals surface area contributed by atoms with Crippen molar-refractivity contribution >= 4 is 11.0 Å². The van der Waals surface area contributed by atoms with E-state index in [0.29, 0.717) is 34.9 Å². The van der Waals surface area contributed by atoms with E-state index in [4.69, 9.17) is 4.52 Å². The third-order valence-electron chi connectivity index (χ3n) is 4.13. The Labute approximate surface area is 153 Å². The molecule has 4 aromatic rings. The number of aromatic amines is 1. The third-order valence-corrected chi connectivity index (χ3v) is 4.13. The van der Waals surface area contributed by atoms with E-state index >= 15 is 0 Å². The van der Waals surface area contributed by atoms with Crippen LogP contribution in [-0.2, 0) is 6.54 Å². The van der Waals surface area contributed by atoms with Gasteiger partial charge in [-0.15, -0.1) is 0 Å². The number of rotatable bonds is 4. The van der Waals surface area contributed by atoms with Gasteiger partial charge in [-0.2, -0.15) is 4.98 Å². The van der Waals surface area contributed by atoms with Crippen molar-refractivity contribution in [3.8, 4) is 22.8 Å². The maximum absolute atomic E-state index is 12.2. The first-order valence-electron chi connectivity index (χ1n) is 8.54. The van der Waals surface area contributed by atoms with Gasteiger partial charge in [-0.3, -0.25) is 14.6 Å². The fourth-order valence-corrected chi connectivity index (χ4v) is 2.92. The van der Waals surface area contributed by atoms with Crippen LogP contribution < -0.4 is 11.1 Å². The van der Waals surface area contributed by atoms with Crippen molar-refractivity contribution in [3.63, 3.8) is 0 Å². The lowest BCUT2D eigenvalue weighted by Gasteiger charge is -2.12. The summed E-state index contributed by atoms with van der Waals surface area (Å²) in [4.78, 5) is 35.2. The van der Waals surface area contributed by atoms with Crippen molar-refractivity contribution in [2.75, 3.05) is 0 Å². The fourth-order valence-electron chi connectivity index (χ4n) is 2.92. The molecule has 4 rings (SSSR count). The van der Waals surface area contributed by atoms with E-state index in [9.17, 15) is 9.59 Å². The Balaban J connectivity index is 1.81. The van der Waals surface area contributed by atoms with Crippen LogP contribution in [0, 0.1) is 5.92 Å². The molecule has 3 aromatic heterocycles. The molecule has 8 nitrogen and oxygen atoms in total. The second-order valence-electron chi connectivity index (χ2n) is 6.65. The number of nitrogens with zero attached hydrogens (tertiary/aromatic N) is 4. The zero-order valence-electron chi connectivity index (χ0n) is 14.8. The quantitative estimate of drug-likeness (QED) is 0.558. The predicted molar refractivity (Wildman–Crippen MR) is 100 cm³/mol. The number of pyridine rings is 1. The van der Waals surface area contributed by atoms with Crippen molar-refractivity contribution in [2.24, 2.45) is 5.92 Å². The lowest BCUT2D eigenvalue weighted by Crippen LogP contribution is -2.37. The molecule has 0 spiro atoms. The molecule has 0 saturated carbocycles. The molecule has 0 bridgehead atoms. The topological polar surface area (TPSA) is 107 Å². The molecule has 0 fully saturated rings. The first kappa shape index (κ1) is 16.9. The van der Waals surface area contributed by atoms with Gasteiger partial charge in [-0.05, 0) is 36.2 Å². The van der Waals surface area contributed by atoms with Crippen LogP contribution in [-0.4, -0.2) is 24.7 Å². The van der Waals surface area contributed by atoms with Crippen molar-refractivity contribution < 1.29 is 4.52 Å². The lowest BCUT2D eigenvalue weighted by atomic mass is 10.1. The zero-order chi connectivity index (χ0) is 19.0. The Hall–Kier alpha value is -3.55. The molecule has 1 N–H and O–H groups in total. The fraction of sp³-hybridized carbons (Fsp3) is 0.211. The molecule has 0 aliphatic rings. The summed E-state index contributed by atoms with van der Waals surface area (Å²) >= 11 is 0. The molecule has 0 amide bonds. The van der Waals surface area contributed by atoms with E-state index in [2.05, 4.69) is 20.1 Å². The van der Waals surface area contributed by atoms with Crippen LogP contribution in [0.3, 0.4) is 0 Å². The van der Waals surface area contributed by atoms with Gasteiger partial charge in [0.05, 0.1) is 11.0 Å². The van der Waals surface area contributed by atoms with Crippen LogP contribution in [0.5, 0.6) is 0 Å². The Kier molecular flexibility index (Phi) is 4.15. The highest BCUT2D eigenvalue weighted by molar-refractivity contribution is 5.80. The van der Waals surface area contributed by atoms with Gasteiger partial charge >= 0.3 is 11.1 Å². The van der Waals surface area contributed by atoms with Gasteiger partial charge in [0.25, 0.3) is 5.89 Å². The summed E-state index contributed by atoms with van der Waals surface area (Å²) in [5, 5.41) is 4.01. The van der Waals surface area contributed by atoms with Crippen LogP contribution in [0.2, 0.25) is 0 Å². The van der Waals surface area contributed by atoms with Crippen molar-refractivity contribution in [1.82, 2.24) is 24.7 Å². The number of benzene rings is 1. The number of H-pyrrole nitrogens is 1. The van der Waals surface area contributed by atoms with Crippen LogP contribution in [0.1, 0.15) is 13.8 Å². The van der Waals surface area contributed by atoms with E-state index in [0.717, 1.165) is 5.56 Å². The molecular formula is C19H17N5O3. The van der Waals surface area contributed by atoms with Gasteiger partial charge in [0.2, 0.25) is 5.82 Å². The maximum atomic E-state index is 12.2.